The Hall–Kier alpha value is -0.0800. The molecule has 0 aliphatic heterocycles. The Balaban J connectivity index is 1.86. The highest BCUT2D eigenvalue weighted by Gasteiger charge is 2.33. The minimum Gasteiger partial charge on any atom is -0.317 e. The summed E-state index contributed by atoms with van der Waals surface area (Å²) in [6.45, 7) is 8.54. The van der Waals surface area contributed by atoms with Gasteiger partial charge < -0.3 is 10.2 Å². The Bertz CT molecular complexity index is 303. The Morgan fingerprint density at radius 1 is 1.10 bits per heavy atom. The molecule has 0 bridgehead atoms. The van der Waals surface area contributed by atoms with Crippen LogP contribution >= 0.6 is 0 Å². The summed E-state index contributed by atoms with van der Waals surface area (Å²) in [5.74, 6) is 1.83. The Labute approximate surface area is 133 Å². The fourth-order valence-electron chi connectivity index (χ4n) is 4.66. The van der Waals surface area contributed by atoms with Gasteiger partial charge in [-0.2, -0.15) is 0 Å². The second-order valence-corrected chi connectivity index (χ2v) is 8.58. The minimum atomic E-state index is 0.586. The molecule has 0 aromatic rings. The summed E-state index contributed by atoms with van der Waals surface area (Å²) in [6, 6.07) is 1.58. The highest BCUT2D eigenvalue weighted by molar-refractivity contribution is 4.88. The predicted octanol–water partition coefficient (Wildman–Crippen LogP) is 4.30. The summed E-state index contributed by atoms with van der Waals surface area (Å²) in [6.07, 6.45) is 11.2. The monoisotopic (exact) mass is 294 g/mol. The van der Waals surface area contributed by atoms with E-state index in [4.69, 9.17) is 0 Å². The van der Waals surface area contributed by atoms with Crippen molar-refractivity contribution in [2.75, 3.05) is 20.6 Å². The topological polar surface area (TPSA) is 15.3 Å². The first kappa shape index (κ1) is 17.3. The van der Waals surface area contributed by atoms with E-state index in [1.54, 1.807) is 0 Å². The van der Waals surface area contributed by atoms with Gasteiger partial charge in [-0.05, 0) is 76.3 Å². The lowest BCUT2D eigenvalue weighted by atomic mass is 9.74. The lowest BCUT2D eigenvalue weighted by molar-refractivity contribution is 0.0887. The van der Waals surface area contributed by atoms with Gasteiger partial charge in [0.1, 0.15) is 0 Å². The van der Waals surface area contributed by atoms with Crippen molar-refractivity contribution in [2.45, 2.75) is 84.2 Å². The Morgan fingerprint density at radius 3 is 2.33 bits per heavy atom. The normalized spacial score (nSPS) is 34.3. The minimum absolute atomic E-state index is 0.586. The van der Waals surface area contributed by atoms with E-state index in [-0.39, 0.29) is 0 Å². The molecule has 0 saturated heterocycles. The molecule has 2 aliphatic rings. The maximum Gasteiger partial charge on any atom is 0.0105 e. The summed E-state index contributed by atoms with van der Waals surface area (Å²) >= 11 is 0. The number of nitrogens with zero attached hydrogens (tertiary/aromatic N) is 1. The zero-order chi connectivity index (χ0) is 15.5. The third kappa shape index (κ3) is 4.69. The molecule has 124 valence electrons. The summed E-state index contributed by atoms with van der Waals surface area (Å²) in [5.41, 5.74) is 0.586. The van der Waals surface area contributed by atoms with Crippen LogP contribution in [0.4, 0.5) is 0 Å². The Kier molecular flexibility index (Phi) is 6.14. The van der Waals surface area contributed by atoms with Gasteiger partial charge in [0, 0.05) is 18.6 Å². The molecule has 21 heavy (non-hydrogen) atoms. The van der Waals surface area contributed by atoms with Crippen LogP contribution in [0.2, 0.25) is 0 Å². The van der Waals surface area contributed by atoms with E-state index in [9.17, 15) is 0 Å². The molecule has 0 radical (unpaired) electrons. The molecule has 0 heterocycles. The number of nitrogens with one attached hydrogen (secondary N) is 1. The molecular formula is C19H38N2. The molecule has 2 saturated carbocycles. The van der Waals surface area contributed by atoms with Gasteiger partial charge in [0.15, 0.2) is 0 Å². The van der Waals surface area contributed by atoms with Crippen molar-refractivity contribution in [2.24, 2.45) is 17.3 Å². The molecule has 1 N–H and O–H groups in total. The van der Waals surface area contributed by atoms with Gasteiger partial charge in [0.25, 0.3) is 0 Å². The first-order valence-electron chi connectivity index (χ1n) is 9.32. The van der Waals surface area contributed by atoms with Gasteiger partial charge in [-0.15, -0.1) is 0 Å². The van der Waals surface area contributed by atoms with E-state index < -0.39 is 0 Å². The van der Waals surface area contributed by atoms with Crippen LogP contribution in [-0.2, 0) is 0 Å². The predicted molar refractivity (Wildman–Crippen MR) is 92.6 cm³/mol. The number of rotatable bonds is 5. The zero-order valence-electron chi connectivity index (χ0n) is 15.1. The lowest BCUT2D eigenvalue weighted by Crippen LogP contribution is -2.47. The van der Waals surface area contributed by atoms with Crippen molar-refractivity contribution in [3.8, 4) is 0 Å². The van der Waals surface area contributed by atoms with E-state index in [1.807, 2.05) is 0 Å². The molecule has 2 fully saturated rings. The van der Waals surface area contributed by atoms with E-state index in [1.165, 1.54) is 57.9 Å². The SMILES string of the molecule is CCC1CCC(NC)C(CN(C)C2CCC(C)(C)CC2)C1. The number of hydrogen-bond acceptors (Lipinski definition) is 2. The van der Waals surface area contributed by atoms with Crippen molar-refractivity contribution in [1.29, 1.82) is 0 Å². The van der Waals surface area contributed by atoms with Crippen LogP contribution in [0.5, 0.6) is 0 Å². The average Bonchev–Trinajstić information content (AvgIpc) is 2.46. The summed E-state index contributed by atoms with van der Waals surface area (Å²) in [7, 11) is 4.54. The molecule has 0 amide bonds. The highest BCUT2D eigenvalue weighted by atomic mass is 15.1. The second-order valence-electron chi connectivity index (χ2n) is 8.58. The number of hydrogen-bond donors (Lipinski definition) is 1. The zero-order valence-corrected chi connectivity index (χ0v) is 15.1. The first-order chi connectivity index (χ1) is 9.95. The van der Waals surface area contributed by atoms with Crippen molar-refractivity contribution in [3.63, 3.8) is 0 Å². The van der Waals surface area contributed by atoms with Crippen LogP contribution in [0.15, 0.2) is 0 Å². The van der Waals surface area contributed by atoms with Gasteiger partial charge in [-0.25, -0.2) is 0 Å². The summed E-state index contributed by atoms with van der Waals surface area (Å²) in [5, 5.41) is 3.59. The van der Waals surface area contributed by atoms with Crippen LogP contribution in [-0.4, -0.2) is 37.6 Å². The summed E-state index contributed by atoms with van der Waals surface area (Å²) in [4.78, 5) is 2.70. The van der Waals surface area contributed by atoms with Crippen molar-refractivity contribution >= 4 is 0 Å². The smallest absolute Gasteiger partial charge is 0.0105 e. The van der Waals surface area contributed by atoms with E-state index in [0.717, 1.165) is 23.9 Å². The molecule has 3 atom stereocenters. The van der Waals surface area contributed by atoms with Crippen molar-refractivity contribution < 1.29 is 0 Å². The molecule has 3 unspecified atom stereocenters. The third-order valence-corrected chi connectivity index (χ3v) is 6.49. The standard InChI is InChI=1S/C19H38N2/c1-6-15-7-8-18(20-4)16(13-15)14-21(5)17-9-11-19(2,3)12-10-17/h15-18,20H,6-14H2,1-5H3. The molecule has 2 nitrogen and oxygen atoms in total. The van der Waals surface area contributed by atoms with Crippen LogP contribution in [0.1, 0.15) is 72.1 Å². The highest BCUT2D eigenvalue weighted by Crippen LogP contribution is 2.38. The third-order valence-electron chi connectivity index (χ3n) is 6.49. The lowest BCUT2D eigenvalue weighted by Gasteiger charge is -2.42. The molecule has 0 aromatic heterocycles. The van der Waals surface area contributed by atoms with Crippen LogP contribution in [0, 0.1) is 17.3 Å². The van der Waals surface area contributed by atoms with Gasteiger partial charge >= 0.3 is 0 Å². The largest absolute Gasteiger partial charge is 0.317 e. The maximum absolute atomic E-state index is 3.59. The van der Waals surface area contributed by atoms with Crippen molar-refractivity contribution in [1.82, 2.24) is 10.2 Å². The van der Waals surface area contributed by atoms with Gasteiger partial charge in [0.2, 0.25) is 0 Å². The van der Waals surface area contributed by atoms with E-state index >= 15 is 0 Å². The molecule has 2 aliphatic carbocycles. The Morgan fingerprint density at radius 2 is 1.76 bits per heavy atom. The quantitative estimate of drug-likeness (QED) is 0.813. The van der Waals surface area contributed by atoms with Crippen LogP contribution in [0.3, 0.4) is 0 Å². The first-order valence-corrected chi connectivity index (χ1v) is 9.32. The molecule has 0 aromatic carbocycles. The fourth-order valence-corrected chi connectivity index (χ4v) is 4.66. The molecule has 2 rings (SSSR count). The van der Waals surface area contributed by atoms with Gasteiger partial charge in [0.05, 0.1) is 0 Å². The maximum atomic E-state index is 3.59. The molecule has 0 spiro atoms. The van der Waals surface area contributed by atoms with E-state index in [0.29, 0.717) is 5.41 Å². The average molecular weight is 295 g/mol. The van der Waals surface area contributed by atoms with Crippen molar-refractivity contribution in [3.05, 3.63) is 0 Å². The van der Waals surface area contributed by atoms with Crippen LogP contribution in [0.25, 0.3) is 0 Å². The molecule has 2 heteroatoms. The second kappa shape index (κ2) is 7.46. The summed E-state index contributed by atoms with van der Waals surface area (Å²) < 4.78 is 0. The van der Waals surface area contributed by atoms with E-state index in [2.05, 4.69) is 45.1 Å². The molecular weight excluding hydrogens is 256 g/mol. The van der Waals surface area contributed by atoms with Gasteiger partial charge in [-0.1, -0.05) is 27.2 Å². The van der Waals surface area contributed by atoms with Crippen LogP contribution < -0.4 is 5.32 Å². The van der Waals surface area contributed by atoms with Gasteiger partial charge in [-0.3, -0.25) is 0 Å². The fraction of sp³-hybridized carbons (Fsp3) is 1.00.